The molecule has 1 aromatic rings. The summed E-state index contributed by atoms with van der Waals surface area (Å²) in [5, 5.41) is 12.3. The van der Waals surface area contributed by atoms with Gasteiger partial charge in [0.1, 0.15) is 12.2 Å². The third-order valence-electron chi connectivity index (χ3n) is 4.65. The summed E-state index contributed by atoms with van der Waals surface area (Å²) in [5.74, 6) is -0.514. The molecule has 0 aliphatic carbocycles. The monoisotopic (exact) mass is 313 g/mol. The number of urea groups is 1. The van der Waals surface area contributed by atoms with Gasteiger partial charge in [-0.05, 0) is 12.1 Å². The van der Waals surface area contributed by atoms with Gasteiger partial charge in [0.05, 0.1) is 18.2 Å². The number of hydrogen-bond acceptors (Lipinski definition) is 5. The fourth-order valence-electron chi connectivity index (χ4n) is 3.78. The zero-order valence-electron chi connectivity index (χ0n) is 12.4. The number of likely N-dealkylation sites (tertiary alicyclic amines) is 1. The standard InChI is InChI=1S/C16H15N3O4/c1-9(20)23-16(8-17)7-11-12-13(14(16)22-11)19(12)15(21)18-10-5-3-2-4-6-10/h2-6,11-14H,7H2,1H3,(H,18,21)/t11-,12-,13-,14-,16+,19?/m1/s1. The number of rotatable bonds is 2. The SMILES string of the molecule is CC(=O)O[C@]1(C#N)C[C@H]2O[C@@H]1[C@H]1[C@@H]2N1C(=O)Nc1ccccc1. The van der Waals surface area contributed by atoms with Crippen molar-refractivity contribution < 1.29 is 19.1 Å². The molecular weight excluding hydrogens is 298 g/mol. The van der Waals surface area contributed by atoms with Gasteiger partial charge in [0.25, 0.3) is 0 Å². The number of ether oxygens (including phenoxy) is 2. The number of esters is 1. The van der Waals surface area contributed by atoms with E-state index in [0.717, 1.165) is 0 Å². The van der Waals surface area contributed by atoms with E-state index in [-0.39, 0.29) is 24.2 Å². The second-order valence-corrected chi connectivity index (χ2v) is 6.08. The van der Waals surface area contributed by atoms with Crippen molar-refractivity contribution in [2.45, 2.75) is 43.2 Å². The molecular formula is C16H15N3O4. The maximum Gasteiger partial charge on any atom is 0.322 e. The van der Waals surface area contributed by atoms with Gasteiger partial charge in [-0.25, -0.2) is 4.79 Å². The Morgan fingerprint density at radius 3 is 2.78 bits per heavy atom. The number of para-hydroxylation sites is 1. The van der Waals surface area contributed by atoms with Crippen LogP contribution in [0.3, 0.4) is 0 Å². The first-order chi connectivity index (χ1) is 11.1. The largest absolute Gasteiger partial charge is 0.441 e. The molecule has 7 nitrogen and oxygen atoms in total. The lowest BCUT2D eigenvalue weighted by atomic mass is 9.86. The lowest BCUT2D eigenvalue weighted by Gasteiger charge is -2.26. The van der Waals surface area contributed by atoms with Gasteiger partial charge in [0.15, 0.2) is 0 Å². The molecule has 3 aliphatic heterocycles. The third kappa shape index (κ3) is 1.99. The number of hydrogen-bond donors (Lipinski definition) is 1. The number of carbonyl (C=O) groups excluding carboxylic acids is 2. The van der Waals surface area contributed by atoms with Gasteiger partial charge >= 0.3 is 12.0 Å². The van der Waals surface area contributed by atoms with Crippen molar-refractivity contribution in [2.75, 3.05) is 5.32 Å². The highest BCUT2D eigenvalue weighted by atomic mass is 16.6. The number of amides is 2. The van der Waals surface area contributed by atoms with E-state index in [4.69, 9.17) is 9.47 Å². The van der Waals surface area contributed by atoms with Crippen LogP contribution in [0.15, 0.2) is 30.3 Å². The van der Waals surface area contributed by atoms with Crippen molar-refractivity contribution in [1.29, 1.82) is 5.26 Å². The van der Waals surface area contributed by atoms with Crippen LogP contribution >= 0.6 is 0 Å². The van der Waals surface area contributed by atoms with E-state index in [1.165, 1.54) is 6.92 Å². The van der Waals surface area contributed by atoms with Crippen molar-refractivity contribution in [2.24, 2.45) is 0 Å². The topological polar surface area (TPSA) is 91.4 Å². The molecule has 3 heterocycles. The van der Waals surface area contributed by atoms with Crippen molar-refractivity contribution in [3.8, 4) is 6.07 Å². The molecule has 1 aromatic carbocycles. The molecule has 3 saturated heterocycles. The summed E-state index contributed by atoms with van der Waals surface area (Å²) in [6, 6.07) is 10.8. The summed E-state index contributed by atoms with van der Waals surface area (Å²) in [4.78, 5) is 25.4. The van der Waals surface area contributed by atoms with Gasteiger partial charge < -0.3 is 19.7 Å². The minimum absolute atomic E-state index is 0.0410. The third-order valence-corrected chi connectivity index (χ3v) is 4.65. The van der Waals surface area contributed by atoms with Gasteiger partial charge in [-0.2, -0.15) is 5.26 Å². The van der Waals surface area contributed by atoms with E-state index in [1.807, 2.05) is 18.2 Å². The first-order valence-electron chi connectivity index (χ1n) is 7.46. The molecule has 7 heteroatoms. The normalized spacial score (nSPS) is 36.1. The van der Waals surface area contributed by atoms with Gasteiger partial charge in [-0.15, -0.1) is 0 Å². The number of morpholine rings is 1. The zero-order valence-corrected chi connectivity index (χ0v) is 12.4. The summed E-state index contributed by atoms with van der Waals surface area (Å²) in [6.07, 6.45) is -0.525. The van der Waals surface area contributed by atoms with E-state index in [1.54, 1.807) is 17.0 Å². The number of nitriles is 1. The van der Waals surface area contributed by atoms with Crippen LogP contribution in [0, 0.1) is 11.3 Å². The molecule has 2 amide bonds. The number of fused-ring (bicyclic) bond motifs is 5. The Morgan fingerprint density at radius 1 is 1.39 bits per heavy atom. The van der Waals surface area contributed by atoms with E-state index in [2.05, 4.69) is 11.4 Å². The molecule has 4 rings (SSSR count). The molecule has 23 heavy (non-hydrogen) atoms. The lowest BCUT2D eigenvalue weighted by Crippen LogP contribution is -2.46. The second kappa shape index (κ2) is 4.70. The van der Waals surface area contributed by atoms with Crippen LogP contribution in [-0.4, -0.2) is 46.8 Å². The first kappa shape index (κ1) is 14.0. The molecule has 5 atom stereocenters. The molecule has 3 fully saturated rings. The zero-order chi connectivity index (χ0) is 16.2. The van der Waals surface area contributed by atoms with Gasteiger partial charge in [-0.3, -0.25) is 4.79 Å². The summed E-state index contributed by atoms with van der Waals surface area (Å²) in [5.41, 5.74) is -0.568. The Kier molecular flexibility index (Phi) is 2.87. The Morgan fingerprint density at radius 2 is 2.13 bits per heavy atom. The molecule has 2 bridgehead atoms. The fraction of sp³-hybridized carbons (Fsp3) is 0.438. The second-order valence-electron chi connectivity index (χ2n) is 6.08. The van der Waals surface area contributed by atoms with Crippen LogP contribution in [0.2, 0.25) is 0 Å². The van der Waals surface area contributed by atoms with Crippen molar-refractivity contribution in [3.63, 3.8) is 0 Å². The minimum atomic E-state index is -1.28. The predicted molar refractivity (Wildman–Crippen MR) is 78.3 cm³/mol. The van der Waals surface area contributed by atoms with E-state index < -0.39 is 17.7 Å². The quantitative estimate of drug-likeness (QED) is 0.656. The first-order valence-corrected chi connectivity index (χ1v) is 7.46. The average Bonchev–Trinajstić information content (AvgIpc) is 3.05. The Balaban J connectivity index is 1.50. The Labute approximate surface area is 132 Å². The molecule has 0 unspecified atom stereocenters. The van der Waals surface area contributed by atoms with Gasteiger partial charge in [0.2, 0.25) is 5.60 Å². The average molecular weight is 313 g/mol. The Hall–Kier alpha value is -2.59. The van der Waals surface area contributed by atoms with E-state index in [9.17, 15) is 14.9 Å². The van der Waals surface area contributed by atoms with Crippen LogP contribution in [0.25, 0.3) is 0 Å². The van der Waals surface area contributed by atoms with Crippen molar-refractivity contribution in [1.82, 2.24) is 4.90 Å². The highest BCUT2D eigenvalue weighted by Crippen LogP contribution is 2.56. The summed E-state index contributed by atoms with van der Waals surface area (Å²) in [6.45, 7) is 1.27. The highest BCUT2D eigenvalue weighted by Gasteiger charge is 2.76. The highest BCUT2D eigenvalue weighted by molar-refractivity contribution is 5.92. The van der Waals surface area contributed by atoms with Gasteiger partial charge in [-0.1, -0.05) is 18.2 Å². The molecule has 3 aliphatic rings. The molecule has 0 saturated carbocycles. The summed E-state index contributed by atoms with van der Waals surface area (Å²) in [7, 11) is 0. The van der Waals surface area contributed by atoms with Crippen LogP contribution in [0.1, 0.15) is 13.3 Å². The van der Waals surface area contributed by atoms with Crippen LogP contribution in [-0.2, 0) is 14.3 Å². The summed E-state index contributed by atoms with van der Waals surface area (Å²) >= 11 is 0. The van der Waals surface area contributed by atoms with Crippen molar-refractivity contribution in [3.05, 3.63) is 30.3 Å². The van der Waals surface area contributed by atoms with Crippen LogP contribution in [0.4, 0.5) is 10.5 Å². The molecule has 118 valence electrons. The van der Waals surface area contributed by atoms with Crippen LogP contribution in [0.5, 0.6) is 0 Å². The van der Waals surface area contributed by atoms with Crippen molar-refractivity contribution >= 4 is 17.7 Å². The number of benzene rings is 1. The smallest absolute Gasteiger partial charge is 0.322 e. The molecule has 0 spiro atoms. The van der Waals surface area contributed by atoms with Gasteiger partial charge in [0, 0.05) is 19.0 Å². The molecule has 0 aromatic heterocycles. The Bertz CT molecular complexity index is 716. The maximum absolute atomic E-state index is 12.4. The number of nitrogens with one attached hydrogen (secondary N) is 1. The van der Waals surface area contributed by atoms with E-state index >= 15 is 0 Å². The number of anilines is 1. The number of nitrogens with zero attached hydrogens (tertiary/aromatic N) is 2. The predicted octanol–water partition coefficient (Wildman–Crippen LogP) is 1.27. The summed E-state index contributed by atoms with van der Waals surface area (Å²) < 4.78 is 11.0. The minimum Gasteiger partial charge on any atom is -0.441 e. The fourth-order valence-corrected chi connectivity index (χ4v) is 3.78. The van der Waals surface area contributed by atoms with E-state index in [0.29, 0.717) is 12.1 Å². The number of carbonyl (C=O) groups is 2. The molecule has 0 radical (unpaired) electrons. The lowest BCUT2D eigenvalue weighted by molar-refractivity contribution is -0.156. The van der Waals surface area contributed by atoms with Crippen LogP contribution < -0.4 is 5.32 Å². The molecule has 1 N–H and O–H groups in total. The maximum atomic E-state index is 12.4.